The monoisotopic (exact) mass is 269 g/mol. The quantitative estimate of drug-likeness (QED) is 0.852. The van der Waals surface area contributed by atoms with Gasteiger partial charge in [-0.25, -0.2) is 4.39 Å². The van der Waals surface area contributed by atoms with E-state index in [0.29, 0.717) is 11.6 Å². The Morgan fingerprint density at radius 2 is 1.89 bits per heavy atom. The van der Waals surface area contributed by atoms with E-state index >= 15 is 0 Å². The summed E-state index contributed by atoms with van der Waals surface area (Å²) < 4.78 is 24.3. The first-order chi connectivity index (χ1) is 9.15. The number of ether oxygens (including phenoxy) is 2. The van der Waals surface area contributed by atoms with E-state index in [4.69, 9.17) is 9.47 Å². The summed E-state index contributed by atoms with van der Waals surface area (Å²) >= 11 is 0. The summed E-state index contributed by atoms with van der Waals surface area (Å²) in [7, 11) is 3.28. The van der Waals surface area contributed by atoms with Crippen molar-refractivity contribution in [2.75, 3.05) is 32.2 Å². The van der Waals surface area contributed by atoms with E-state index in [-0.39, 0.29) is 17.9 Å². The van der Waals surface area contributed by atoms with Crippen molar-refractivity contribution in [3.8, 4) is 5.75 Å². The fourth-order valence-corrected chi connectivity index (χ4v) is 2.65. The van der Waals surface area contributed by atoms with Crippen molar-refractivity contribution in [2.45, 2.75) is 19.1 Å². The van der Waals surface area contributed by atoms with Crippen LogP contribution in [0.3, 0.4) is 0 Å². The topological polar surface area (TPSA) is 41.9 Å². The summed E-state index contributed by atoms with van der Waals surface area (Å²) in [6.45, 7) is 1.52. The average molecular weight is 269 g/mol. The number of aromatic hydroxyl groups is 1. The van der Waals surface area contributed by atoms with Gasteiger partial charge in [0.15, 0.2) is 6.29 Å². The molecule has 0 atom stereocenters. The molecule has 1 fully saturated rings. The lowest BCUT2D eigenvalue weighted by atomic mass is 9.95. The molecule has 0 aliphatic carbocycles. The molecule has 0 aromatic heterocycles. The highest BCUT2D eigenvalue weighted by Crippen LogP contribution is 2.29. The highest BCUT2D eigenvalue weighted by molar-refractivity contribution is 5.50. The highest BCUT2D eigenvalue weighted by atomic mass is 19.1. The molecule has 1 saturated heterocycles. The zero-order chi connectivity index (χ0) is 13.8. The second-order valence-corrected chi connectivity index (χ2v) is 4.80. The Hall–Kier alpha value is -1.33. The number of rotatable bonds is 4. The van der Waals surface area contributed by atoms with E-state index in [0.717, 1.165) is 32.0 Å². The van der Waals surface area contributed by atoms with E-state index in [1.165, 1.54) is 6.07 Å². The van der Waals surface area contributed by atoms with Gasteiger partial charge in [0.2, 0.25) is 0 Å². The van der Waals surface area contributed by atoms with Crippen molar-refractivity contribution >= 4 is 5.69 Å². The normalized spacial score (nSPS) is 17.2. The highest BCUT2D eigenvalue weighted by Gasteiger charge is 2.27. The maximum Gasteiger partial charge on any atom is 0.159 e. The summed E-state index contributed by atoms with van der Waals surface area (Å²) in [6, 6.07) is 4.28. The molecule has 0 bridgehead atoms. The second-order valence-electron chi connectivity index (χ2n) is 4.80. The second kappa shape index (κ2) is 6.21. The Balaban J connectivity index is 1.99. The van der Waals surface area contributed by atoms with Crippen LogP contribution in [0, 0.1) is 11.7 Å². The Kier molecular flexibility index (Phi) is 4.61. The molecule has 5 heteroatoms. The third-order valence-electron chi connectivity index (χ3n) is 3.66. The van der Waals surface area contributed by atoms with E-state index in [1.54, 1.807) is 20.3 Å². The van der Waals surface area contributed by atoms with Crippen molar-refractivity contribution in [1.29, 1.82) is 0 Å². The maximum atomic E-state index is 13.8. The molecule has 1 aromatic carbocycles. The van der Waals surface area contributed by atoms with Gasteiger partial charge in [-0.1, -0.05) is 0 Å². The van der Waals surface area contributed by atoms with Crippen molar-refractivity contribution < 1.29 is 19.0 Å². The van der Waals surface area contributed by atoms with Gasteiger partial charge in [-0.05, 0) is 25.0 Å². The third kappa shape index (κ3) is 3.16. The largest absolute Gasteiger partial charge is 0.508 e. The van der Waals surface area contributed by atoms with Crippen LogP contribution < -0.4 is 4.90 Å². The van der Waals surface area contributed by atoms with Crippen LogP contribution in [0.4, 0.5) is 10.1 Å². The Labute approximate surface area is 112 Å². The standard InChI is InChI=1S/C14H20FNO3/c1-18-14(19-2)10-5-7-16(8-6-10)13-4-3-11(17)9-12(13)15/h3-4,9-10,14,17H,5-8H2,1-2H3. The maximum absolute atomic E-state index is 13.8. The molecule has 4 nitrogen and oxygen atoms in total. The number of benzene rings is 1. The van der Waals surface area contributed by atoms with Gasteiger partial charge in [-0.3, -0.25) is 0 Å². The molecule has 1 N–H and O–H groups in total. The van der Waals surface area contributed by atoms with Gasteiger partial charge in [0.1, 0.15) is 11.6 Å². The van der Waals surface area contributed by atoms with Crippen LogP contribution in [-0.2, 0) is 9.47 Å². The number of piperidine rings is 1. The molecule has 1 aromatic rings. The number of phenols is 1. The zero-order valence-electron chi connectivity index (χ0n) is 11.3. The summed E-state index contributed by atoms with van der Waals surface area (Å²) in [6.07, 6.45) is 1.60. The minimum Gasteiger partial charge on any atom is -0.508 e. The molecule has 0 saturated carbocycles. The average Bonchev–Trinajstić information content (AvgIpc) is 2.41. The van der Waals surface area contributed by atoms with E-state index < -0.39 is 0 Å². The van der Waals surface area contributed by atoms with Crippen LogP contribution in [0.1, 0.15) is 12.8 Å². The molecule has 2 rings (SSSR count). The van der Waals surface area contributed by atoms with Gasteiger partial charge in [0.25, 0.3) is 0 Å². The minimum absolute atomic E-state index is 0.0463. The van der Waals surface area contributed by atoms with Gasteiger partial charge in [-0.2, -0.15) is 0 Å². The summed E-state index contributed by atoms with van der Waals surface area (Å²) in [5.41, 5.74) is 0.544. The van der Waals surface area contributed by atoms with Crippen molar-refractivity contribution in [2.24, 2.45) is 5.92 Å². The molecule has 0 radical (unpaired) electrons. The van der Waals surface area contributed by atoms with Gasteiger partial charge >= 0.3 is 0 Å². The van der Waals surface area contributed by atoms with E-state index in [2.05, 4.69) is 0 Å². The first-order valence-electron chi connectivity index (χ1n) is 6.44. The lowest BCUT2D eigenvalue weighted by molar-refractivity contribution is -0.141. The summed E-state index contributed by atoms with van der Waals surface area (Å²) in [4.78, 5) is 1.99. The number of phenolic OH excluding ortho intramolecular Hbond substituents is 1. The first-order valence-corrected chi connectivity index (χ1v) is 6.44. The number of hydrogen-bond donors (Lipinski definition) is 1. The fourth-order valence-electron chi connectivity index (χ4n) is 2.65. The van der Waals surface area contributed by atoms with Gasteiger partial charge < -0.3 is 19.5 Å². The number of nitrogens with zero attached hydrogens (tertiary/aromatic N) is 1. The fraction of sp³-hybridized carbons (Fsp3) is 0.571. The van der Waals surface area contributed by atoms with Crippen LogP contribution in [0.25, 0.3) is 0 Å². The Bertz CT molecular complexity index is 415. The van der Waals surface area contributed by atoms with Crippen LogP contribution in [-0.4, -0.2) is 38.7 Å². The zero-order valence-corrected chi connectivity index (χ0v) is 11.3. The van der Waals surface area contributed by atoms with Crippen molar-refractivity contribution in [3.63, 3.8) is 0 Å². The number of hydrogen-bond acceptors (Lipinski definition) is 4. The SMILES string of the molecule is COC(OC)C1CCN(c2ccc(O)cc2F)CC1. The predicted molar refractivity (Wildman–Crippen MR) is 70.8 cm³/mol. The molecule has 106 valence electrons. The van der Waals surface area contributed by atoms with Crippen LogP contribution in [0.15, 0.2) is 18.2 Å². The number of anilines is 1. The predicted octanol–water partition coefficient (Wildman–Crippen LogP) is 2.37. The van der Waals surface area contributed by atoms with Crippen LogP contribution >= 0.6 is 0 Å². The minimum atomic E-state index is -0.381. The molecule has 0 unspecified atom stereocenters. The van der Waals surface area contributed by atoms with Crippen LogP contribution in [0.5, 0.6) is 5.75 Å². The van der Waals surface area contributed by atoms with Crippen LogP contribution in [0.2, 0.25) is 0 Å². The summed E-state index contributed by atoms with van der Waals surface area (Å²) in [5.74, 6) is -0.0881. The van der Waals surface area contributed by atoms with E-state index in [9.17, 15) is 9.50 Å². The van der Waals surface area contributed by atoms with Gasteiger partial charge in [0, 0.05) is 39.3 Å². The van der Waals surface area contributed by atoms with E-state index in [1.807, 2.05) is 4.90 Å². The van der Waals surface area contributed by atoms with Crippen molar-refractivity contribution in [1.82, 2.24) is 0 Å². The molecule has 1 heterocycles. The summed E-state index contributed by atoms with van der Waals surface area (Å²) in [5, 5.41) is 9.22. The first kappa shape index (κ1) is 14.1. The number of methoxy groups -OCH3 is 2. The molecule has 0 amide bonds. The number of halogens is 1. The molecular formula is C14H20FNO3. The molecule has 0 spiro atoms. The molecular weight excluding hydrogens is 249 g/mol. The van der Waals surface area contributed by atoms with Gasteiger partial charge in [0.05, 0.1) is 5.69 Å². The smallest absolute Gasteiger partial charge is 0.159 e. The van der Waals surface area contributed by atoms with Crippen molar-refractivity contribution in [3.05, 3.63) is 24.0 Å². The lowest BCUT2D eigenvalue weighted by Gasteiger charge is -2.36. The Morgan fingerprint density at radius 3 is 2.42 bits per heavy atom. The molecule has 19 heavy (non-hydrogen) atoms. The lowest BCUT2D eigenvalue weighted by Crippen LogP contribution is -2.39. The third-order valence-corrected chi connectivity index (χ3v) is 3.66. The van der Waals surface area contributed by atoms with Gasteiger partial charge in [-0.15, -0.1) is 0 Å². The molecule has 1 aliphatic heterocycles. The molecule has 1 aliphatic rings. The Morgan fingerprint density at radius 1 is 1.26 bits per heavy atom.